The van der Waals surface area contributed by atoms with Crippen LogP contribution in [0.4, 0.5) is 0 Å². The van der Waals surface area contributed by atoms with Gasteiger partial charge in [-0.05, 0) is 24.1 Å². The Hall–Kier alpha value is -1.81. The normalized spacial score (nSPS) is 11.7. The lowest BCUT2D eigenvalue weighted by Crippen LogP contribution is -2.36. The summed E-state index contributed by atoms with van der Waals surface area (Å²) in [6.45, 7) is 4.23. The SMILES string of the molecule is C=CCC(NCc1ccc(OC)cc1)C(=O)OC. The summed E-state index contributed by atoms with van der Waals surface area (Å²) in [6, 6.07) is 7.33. The largest absolute Gasteiger partial charge is 0.497 e. The zero-order chi connectivity index (χ0) is 13.4. The van der Waals surface area contributed by atoms with Gasteiger partial charge in [-0.1, -0.05) is 18.2 Å². The Bertz CT molecular complexity index is 387. The molecule has 4 nitrogen and oxygen atoms in total. The summed E-state index contributed by atoms with van der Waals surface area (Å²) in [5.74, 6) is 0.540. The van der Waals surface area contributed by atoms with Crippen molar-refractivity contribution in [3.8, 4) is 5.75 Å². The monoisotopic (exact) mass is 249 g/mol. The maximum Gasteiger partial charge on any atom is 0.323 e. The van der Waals surface area contributed by atoms with E-state index in [2.05, 4.69) is 11.9 Å². The van der Waals surface area contributed by atoms with Crippen molar-refractivity contribution in [1.29, 1.82) is 0 Å². The van der Waals surface area contributed by atoms with Crippen LogP contribution in [-0.2, 0) is 16.1 Å². The van der Waals surface area contributed by atoms with Crippen LogP contribution in [0.1, 0.15) is 12.0 Å². The third-order valence-electron chi connectivity index (χ3n) is 2.60. The first kappa shape index (κ1) is 14.3. The van der Waals surface area contributed by atoms with E-state index < -0.39 is 0 Å². The molecule has 0 fully saturated rings. The van der Waals surface area contributed by atoms with Gasteiger partial charge in [0, 0.05) is 6.54 Å². The highest BCUT2D eigenvalue weighted by Crippen LogP contribution is 2.11. The Labute approximate surface area is 108 Å². The highest BCUT2D eigenvalue weighted by atomic mass is 16.5. The Kier molecular flexibility index (Phi) is 5.94. The second-order valence-electron chi connectivity index (χ2n) is 3.83. The molecule has 1 aromatic rings. The number of methoxy groups -OCH3 is 2. The Morgan fingerprint density at radius 1 is 1.39 bits per heavy atom. The van der Waals surface area contributed by atoms with Gasteiger partial charge in [-0.25, -0.2) is 0 Å². The second-order valence-corrected chi connectivity index (χ2v) is 3.83. The quantitative estimate of drug-likeness (QED) is 0.592. The van der Waals surface area contributed by atoms with Gasteiger partial charge >= 0.3 is 5.97 Å². The summed E-state index contributed by atoms with van der Waals surface area (Å²) in [7, 11) is 3.01. The van der Waals surface area contributed by atoms with Gasteiger partial charge in [0.2, 0.25) is 0 Å². The maximum atomic E-state index is 11.5. The fraction of sp³-hybridized carbons (Fsp3) is 0.357. The molecule has 0 saturated carbocycles. The number of esters is 1. The number of hydrogen-bond acceptors (Lipinski definition) is 4. The Morgan fingerprint density at radius 3 is 2.56 bits per heavy atom. The van der Waals surface area contributed by atoms with Crippen molar-refractivity contribution >= 4 is 5.97 Å². The van der Waals surface area contributed by atoms with Crippen LogP contribution in [0.25, 0.3) is 0 Å². The predicted molar refractivity (Wildman–Crippen MR) is 70.5 cm³/mol. The lowest BCUT2D eigenvalue weighted by Gasteiger charge is -2.14. The molecular weight excluding hydrogens is 230 g/mol. The maximum absolute atomic E-state index is 11.5. The van der Waals surface area contributed by atoms with Crippen molar-refractivity contribution in [2.24, 2.45) is 0 Å². The van der Waals surface area contributed by atoms with E-state index in [1.807, 2.05) is 24.3 Å². The summed E-state index contributed by atoms with van der Waals surface area (Å²) in [5, 5.41) is 3.14. The summed E-state index contributed by atoms with van der Waals surface area (Å²) >= 11 is 0. The first-order chi connectivity index (χ1) is 8.71. The van der Waals surface area contributed by atoms with Gasteiger partial charge in [0.05, 0.1) is 14.2 Å². The molecule has 0 aliphatic rings. The zero-order valence-corrected chi connectivity index (χ0v) is 10.8. The minimum absolute atomic E-state index is 0.275. The number of rotatable bonds is 7. The zero-order valence-electron chi connectivity index (χ0n) is 10.8. The van der Waals surface area contributed by atoms with E-state index in [-0.39, 0.29) is 12.0 Å². The summed E-state index contributed by atoms with van der Waals surface area (Å²) in [6.07, 6.45) is 2.24. The fourth-order valence-electron chi connectivity index (χ4n) is 1.56. The average molecular weight is 249 g/mol. The van der Waals surface area contributed by atoms with Gasteiger partial charge in [0.15, 0.2) is 0 Å². The molecule has 0 aliphatic heterocycles. The average Bonchev–Trinajstić information content (AvgIpc) is 2.43. The number of benzene rings is 1. The third-order valence-corrected chi connectivity index (χ3v) is 2.60. The van der Waals surface area contributed by atoms with E-state index in [1.165, 1.54) is 7.11 Å². The van der Waals surface area contributed by atoms with Crippen molar-refractivity contribution in [3.05, 3.63) is 42.5 Å². The van der Waals surface area contributed by atoms with E-state index in [0.29, 0.717) is 13.0 Å². The molecule has 1 atom stereocenters. The Morgan fingerprint density at radius 2 is 2.06 bits per heavy atom. The van der Waals surface area contributed by atoms with Crippen LogP contribution in [0.5, 0.6) is 5.75 Å². The summed E-state index contributed by atoms with van der Waals surface area (Å²) in [5.41, 5.74) is 1.08. The molecule has 0 aromatic heterocycles. The molecule has 18 heavy (non-hydrogen) atoms. The molecule has 0 spiro atoms. The molecule has 1 N–H and O–H groups in total. The molecule has 0 amide bonds. The molecular formula is C14H19NO3. The van der Waals surface area contributed by atoms with E-state index in [1.54, 1.807) is 13.2 Å². The molecule has 0 aliphatic carbocycles. The summed E-state index contributed by atoms with van der Waals surface area (Å²) < 4.78 is 9.80. The molecule has 1 unspecified atom stereocenters. The van der Waals surface area contributed by atoms with Gasteiger partial charge in [-0.3, -0.25) is 4.79 Å². The van der Waals surface area contributed by atoms with Crippen molar-refractivity contribution in [1.82, 2.24) is 5.32 Å². The van der Waals surface area contributed by atoms with Crippen LogP contribution < -0.4 is 10.1 Å². The van der Waals surface area contributed by atoms with Crippen molar-refractivity contribution in [3.63, 3.8) is 0 Å². The first-order valence-corrected chi connectivity index (χ1v) is 5.76. The second kappa shape index (κ2) is 7.50. The van der Waals surface area contributed by atoms with E-state index in [4.69, 9.17) is 9.47 Å². The summed E-state index contributed by atoms with van der Waals surface area (Å²) in [4.78, 5) is 11.5. The highest BCUT2D eigenvalue weighted by Gasteiger charge is 2.16. The molecule has 98 valence electrons. The molecule has 0 bridgehead atoms. The van der Waals surface area contributed by atoms with Crippen LogP contribution in [-0.4, -0.2) is 26.2 Å². The third kappa shape index (κ3) is 4.22. The topological polar surface area (TPSA) is 47.6 Å². The standard InChI is InChI=1S/C14H19NO3/c1-4-5-13(14(16)18-3)15-10-11-6-8-12(17-2)9-7-11/h4,6-9,13,15H,1,5,10H2,2-3H3. The van der Waals surface area contributed by atoms with Gasteiger partial charge < -0.3 is 14.8 Å². The lowest BCUT2D eigenvalue weighted by atomic mass is 10.1. The smallest absolute Gasteiger partial charge is 0.323 e. The van der Waals surface area contributed by atoms with E-state index in [9.17, 15) is 4.79 Å². The van der Waals surface area contributed by atoms with Crippen molar-refractivity contribution < 1.29 is 14.3 Å². The first-order valence-electron chi connectivity index (χ1n) is 5.76. The molecule has 0 saturated heterocycles. The number of ether oxygens (including phenoxy) is 2. The van der Waals surface area contributed by atoms with E-state index >= 15 is 0 Å². The van der Waals surface area contributed by atoms with E-state index in [0.717, 1.165) is 11.3 Å². The Balaban J connectivity index is 2.54. The van der Waals surface area contributed by atoms with Crippen LogP contribution in [0.3, 0.4) is 0 Å². The minimum Gasteiger partial charge on any atom is -0.497 e. The van der Waals surface area contributed by atoms with Crippen LogP contribution in [0.2, 0.25) is 0 Å². The number of hydrogen-bond donors (Lipinski definition) is 1. The lowest BCUT2D eigenvalue weighted by molar-refractivity contribution is -0.143. The molecule has 4 heteroatoms. The van der Waals surface area contributed by atoms with Crippen LogP contribution in [0, 0.1) is 0 Å². The minimum atomic E-state index is -0.352. The molecule has 0 heterocycles. The van der Waals surface area contributed by atoms with Crippen LogP contribution in [0.15, 0.2) is 36.9 Å². The molecule has 0 radical (unpaired) electrons. The number of carbonyl (C=O) groups excluding carboxylic acids is 1. The van der Waals surface area contributed by atoms with Gasteiger partial charge in [0.25, 0.3) is 0 Å². The van der Waals surface area contributed by atoms with Crippen LogP contribution >= 0.6 is 0 Å². The number of nitrogens with one attached hydrogen (secondary N) is 1. The predicted octanol–water partition coefficient (Wildman–Crippen LogP) is 1.90. The van der Waals surface area contributed by atoms with Crippen molar-refractivity contribution in [2.75, 3.05) is 14.2 Å². The van der Waals surface area contributed by atoms with Crippen molar-refractivity contribution in [2.45, 2.75) is 19.0 Å². The number of carbonyl (C=O) groups is 1. The molecule has 1 rings (SSSR count). The molecule has 1 aromatic carbocycles. The van der Waals surface area contributed by atoms with Gasteiger partial charge in [-0.15, -0.1) is 6.58 Å². The fourth-order valence-corrected chi connectivity index (χ4v) is 1.56. The van der Waals surface area contributed by atoms with Gasteiger partial charge in [0.1, 0.15) is 11.8 Å². The highest BCUT2D eigenvalue weighted by molar-refractivity contribution is 5.75. The van der Waals surface area contributed by atoms with Gasteiger partial charge in [-0.2, -0.15) is 0 Å².